The molecule has 0 aromatic rings. The Morgan fingerprint density at radius 2 is 2.07 bits per heavy atom. The molecule has 2 aliphatic rings. The van der Waals surface area contributed by atoms with Crippen molar-refractivity contribution in [2.24, 2.45) is 5.10 Å². The van der Waals surface area contributed by atoms with Crippen molar-refractivity contribution in [3.8, 4) is 0 Å². The highest BCUT2D eigenvalue weighted by molar-refractivity contribution is 7.80. The molecule has 14 heavy (non-hydrogen) atoms. The molecule has 2 unspecified atom stereocenters. The Labute approximate surface area is 83.4 Å². The maximum atomic E-state index is 10.1. The molecule has 2 fully saturated rings. The maximum Gasteiger partial charge on any atom is 0.271 e. The largest absolute Gasteiger partial charge is 0.339 e. The number of fused-ring (bicyclic) bond motifs is 1. The second kappa shape index (κ2) is 3.23. The third-order valence-corrected chi connectivity index (χ3v) is 1.95. The highest BCUT2D eigenvalue weighted by Gasteiger charge is 2.35. The van der Waals surface area contributed by atoms with Gasteiger partial charge in [0.1, 0.15) is 17.4 Å². The Kier molecular flexibility index (Phi) is 2.05. The average molecular weight is 217 g/mol. The predicted octanol–water partition coefficient (Wildman–Crippen LogP) is -2.64. The summed E-state index contributed by atoms with van der Waals surface area (Å²) in [6.45, 7) is 0. The number of guanidine groups is 1. The molecule has 0 amide bonds. The van der Waals surface area contributed by atoms with Crippen LogP contribution in [0, 0.1) is 10.1 Å². The number of nitrogens with one attached hydrogen (secondary N) is 5. The van der Waals surface area contributed by atoms with Crippen LogP contribution in [0.25, 0.3) is 0 Å². The van der Waals surface area contributed by atoms with Crippen molar-refractivity contribution < 1.29 is 5.03 Å². The number of hydrogen-bond donors (Lipinski definition) is 5. The number of nitro groups is 1. The minimum absolute atomic E-state index is 0.0940. The van der Waals surface area contributed by atoms with Gasteiger partial charge in [0.25, 0.3) is 5.96 Å². The van der Waals surface area contributed by atoms with Gasteiger partial charge in [0.05, 0.1) is 0 Å². The first-order valence-electron chi connectivity index (χ1n) is 3.73. The Hall–Kier alpha value is -1.68. The van der Waals surface area contributed by atoms with Gasteiger partial charge in [-0.2, -0.15) is 0 Å². The Balaban J connectivity index is 2.05. The van der Waals surface area contributed by atoms with Crippen molar-refractivity contribution in [3.05, 3.63) is 10.1 Å². The van der Waals surface area contributed by atoms with E-state index in [4.69, 9.17) is 12.2 Å². The standard InChI is InChI=1S/C4H7N7O2S/c12-11(13)10-3-5-1-2(6-3)8-9-4(14)7-1/h1-2,8H,(H2,5,6,10)(H2,7,9,14). The van der Waals surface area contributed by atoms with Crippen LogP contribution in [0.1, 0.15) is 0 Å². The molecule has 5 N–H and O–H groups in total. The van der Waals surface area contributed by atoms with Crippen LogP contribution in [0.5, 0.6) is 0 Å². The molecule has 0 aliphatic carbocycles. The van der Waals surface area contributed by atoms with Gasteiger partial charge in [0, 0.05) is 0 Å². The molecule has 76 valence electrons. The average Bonchev–Trinajstić information content (AvgIpc) is 2.44. The third-order valence-electron chi connectivity index (χ3n) is 1.73. The smallest absolute Gasteiger partial charge is 0.271 e. The van der Waals surface area contributed by atoms with E-state index in [-0.39, 0.29) is 18.3 Å². The van der Waals surface area contributed by atoms with E-state index in [1.54, 1.807) is 0 Å². The topological polar surface area (TPSA) is 116 Å². The number of hydrazone groups is 1. The van der Waals surface area contributed by atoms with E-state index in [2.05, 4.69) is 31.9 Å². The number of thiocarbonyl (C=S) groups is 1. The minimum Gasteiger partial charge on any atom is -0.339 e. The van der Waals surface area contributed by atoms with Crippen molar-refractivity contribution in [1.82, 2.24) is 26.8 Å². The van der Waals surface area contributed by atoms with Gasteiger partial charge in [-0.1, -0.05) is 0 Å². The van der Waals surface area contributed by atoms with Gasteiger partial charge < -0.3 is 16.0 Å². The van der Waals surface area contributed by atoms with Gasteiger partial charge in [-0.25, -0.2) is 15.5 Å². The summed E-state index contributed by atoms with van der Waals surface area (Å²) < 4.78 is 0. The van der Waals surface area contributed by atoms with Crippen LogP contribution < -0.4 is 26.8 Å². The molecule has 0 aromatic carbocycles. The summed E-state index contributed by atoms with van der Waals surface area (Å²) in [6.07, 6.45) is -0.483. The maximum absolute atomic E-state index is 10.1. The Morgan fingerprint density at radius 3 is 2.79 bits per heavy atom. The fourth-order valence-corrected chi connectivity index (χ4v) is 1.39. The van der Waals surface area contributed by atoms with E-state index in [9.17, 15) is 10.1 Å². The predicted molar refractivity (Wildman–Crippen MR) is 50.3 cm³/mol. The van der Waals surface area contributed by atoms with Crippen LogP contribution in [0.4, 0.5) is 0 Å². The fraction of sp³-hybridized carbons (Fsp3) is 0.500. The normalized spacial score (nSPS) is 32.3. The van der Waals surface area contributed by atoms with Crippen molar-refractivity contribution in [2.45, 2.75) is 12.3 Å². The molecule has 0 saturated carbocycles. The minimum atomic E-state index is -0.779. The monoisotopic (exact) mass is 217 g/mol. The van der Waals surface area contributed by atoms with E-state index < -0.39 is 5.03 Å². The highest BCUT2D eigenvalue weighted by atomic mass is 32.1. The molecule has 2 saturated heterocycles. The lowest BCUT2D eigenvalue weighted by molar-refractivity contribution is -0.485. The molecule has 0 radical (unpaired) electrons. The van der Waals surface area contributed by atoms with E-state index in [1.807, 2.05) is 0 Å². The van der Waals surface area contributed by atoms with Crippen molar-refractivity contribution in [3.63, 3.8) is 0 Å². The zero-order valence-electron chi connectivity index (χ0n) is 6.77. The number of hydrogen-bond acceptors (Lipinski definition) is 4. The van der Waals surface area contributed by atoms with Gasteiger partial charge in [-0.3, -0.25) is 5.43 Å². The van der Waals surface area contributed by atoms with E-state index >= 15 is 0 Å². The van der Waals surface area contributed by atoms with Crippen LogP contribution in [-0.2, 0) is 0 Å². The number of nitrogens with zero attached hydrogens (tertiary/aromatic N) is 2. The zero-order chi connectivity index (χ0) is 10.1. The fourth-order valence-electron chi connectivity index (χ4n) is 1.20. The molecule has 0 bridgehead atoms. The van der Waals surface area contributed by atoms with E-state index in [1.165, 1.54) is 0 Å². The zero-order valence-corrected chi connectivity index (χ0v) is 7.59. The summed E-state index contributed by atoms with van der Waals surface area (Å²) in [6, 6.07) is 0. The first-order valence-corrected chi connectivity index (χ1v) is 4.14. The number of hydrazine groups is 1. The SMILES string of the molecule is O=[N+]([O-])N=C1NC2NNC(=S)NC2N1. The van der Waals surface area contributed by atoms with Crippen LogP contribution in [0.2, 0.25) is 0 Å². The Morgan fingerprint density at radius 1 is 1.36 bits per heavy atom. The second-order valence-electron chi connectivity index (χ2n) is 2.67. The molecule has 9 nitrogen and oxygen atoms in total. The lowest BCUT2D eigenvalue weighted by Gasteiger charge is -2.28. The van der Waals surface area contributed by atoms with Gasteiger partial charge in [0.2, 0.25) is 0 Å². The van der Waals surface area contributed by atoms with Crippen molar-refractivity contribution >= 4 is 23.3 Å². The summed E-state index contributed by atoms with van der Waals surface area (Å²) in [4.78, 5) is 10.1. The van der Waals surface area contributed by atoms with E-state index in [0.29, 0.717) is 5.11 Å². The summed E-state index contributed by atoms with van der Waals surface area (Å²) in [5.41, 5.74) is 5.47. The number of rotatable bonds is 1. The van der Waals surface area contributed by atoms with Gasteiger partial charge in [0.15, 0.2) is 10.1 Å². The lowest BCUT2D eigenvalue weighted by atomic mass is 10.4. The Bertz CT molecular complexity index is 317. The van der Waals surface area contributed by atoms with Crippen molar-refractivity contribution in [1.29, 1.82) is 0 Å². The molecule has 2 heterocycles. The first kappa shape index (κ1) is 8.90. The van der Waals surface area contributed by atoms with E-state index in [0.717, 1.165) is 0 Å². The van der Waals surface area contributed by atoms with Crippen LogP contribution in [0.3, 0.4) is 0 Å². The summed E-state index contributed by atoms with van der Waals surface area (Å²) >= 11 is 4.83. The third kappa shape index (κ3) is 1.65. The molecule has 2 aliphatic heterocycles. The molecular formula is C4H7N7O2S. The second-order valence-corrected chi connectivity index (χ2v) is 3.08. The van der Waals surface area contributed by atoms with Gasteiger partial charge in [-0.05, 0) is 12.2 Å². The molecule has 0 aromatic heterocycles. The molecule has 2 atom stereocenters. The highest BCUT2D eigenvalue weighted by Crippen LogP contribution is 1.98. The quantitative estimate of drug-likeness (QED) is 0.184. The lowest BCUT2D eigenvalue weighted by Crippen LogP contribution is -2.67. The van der Waals surface area contributed by atoms with Crippen LogP contribution >= 0.6 is 12.2 Å². The summed E-state index contributed by atoms with van der Waals surface area (Å²) in [7, 11) is 0. The van der Waals surface area contributed by atoms with Crippen molar-refractivity contribution in [2.75, 3.05) is 0 Å². The van der Waals surface area contributed by atoms with Gasteiger partial charge >= 0.3 is 0 Å². The van der Waals surface area contributed by atoms with Crippen LogP contribution in [0.15, 0.2) is 5.10 Å². The summed E-state index contributed by atoms with van der Waals surface area (Å²) in [5.74, 6) is 0.0940. The summed E-state index contributed by atoms with van der Waals surface area (Å²) in [5, 5.41) is 21.2. The molecule has 2 rings (SSSR count). The first-order chi connectivity index (χ1) is 6.65. The van der Waals surface area contributed by atoms with Crippen LogP contribution in [-0.4, -0.2) is 28.4 Å². The molecule has 10 heteroatoms. The van der Waals surface area contributed by atoms with Gasteiger partial charge in [-0.15, -0.1) is 0 Å². The molecule has 0 spiro atoms. The molecular weight excluding hydrogens is 210 g/mol.